The van der Waals surface area contributed by atoms with Crippen molar-refractivity contribution in [3.8, 4) is 0 Å². The molecule has 162 valence electrons. The zero-order valence-corrected chi connectivity index (χ0v) is 20.4. The van der Waals surface area contributed by atoms with E-state index in [-0.39, 0.29) is 0 Å². The summed E-state index contributed by atoms with van der Waals surface area (Å²) < 4.78 is 21.9. The number of allylic oxidation sites excluding steroid dienone is 1. The molecule has 0 amide bonds. The minimum atomic E-state index is -3.02. The second-order valence-corrected chi connectivity index (χ2v) is 9.61. The Morgan fingerprint density at radius 1 is 0.966 bits per heavy atom. The molecule has 3 nitrogen and oxygen atoms in total. The molecule has 0 aliphatic rings. The second kappa shape index (κ2) is 13.2. The molecule has 2 aromatic rings. The molecule has 0 aliphatic carbocycles. The van der Waals surface area contributed by atoms with Crippen molar-refractivity contribution in [1.82, 2.24) is 0 Å². The van der Waals surface area contributed by atoms with Crippen LogP contribution in [0, 0.1) is 20.8 Å². The Kier molecular flexibility index (Phi) is 12.3. The summed E-state index contributed by atoms with van der Waals surface area (Å²) in [4.78, 5) is 2.82. The summed E-state index contributed by atoms with van der Waals surface area (Å²) in [5.41, 5.74) is 6.44. The summed E-state index contributed by atoms with van der Waals surface area (Å²) in [6.45, 7) is 20.5. The van der Waals surface area contributed by atoms with Gasteiger partial charge in [0, 0.05) is 25.0 Å². The molecular formula is C25H39NO2S. The van der Waals surface area contributed by atoms with Gasteiger partial charge in [-0.1, -0.05) is 42.3 Å². The van der Waals surface area contributed by atoms with Crippen LogP contribution in [0.3, 0.4) is 0 Å². The van der Waals surface area contributed by atoms with Crippen molar-refractivity contribution in [3.05, 3.63) is 71.3 Å². The molecule has 4 heteroatoms. The van der Waals surface area contributed by atoms with Gasteiger partial charge in [0.2, 0.25) is 0 Å². The molecule has 0 radical (unpaired) electrons. The first-order valence-electron chi connectivity index (χ1n) is 10.1. The molecule has 0 saturated carbocycles. The highest BCUT2D eigenvalue weighted by atomic mass is 32.2. The molecule has 0 N–H and O–H groups in total. The summed E-state index contributed by atoms with van der Waals surface area (Å²) in [5, 5.41) is 0. The van der Waals surface area contributed by atoms with Crippen molar-refractivity contribution in [2.45, 2.75) is 59.8 Å². The van der Waals surface area contributed by atoms with Gasteiger partial charge in [-0.2, -0.15) is 0 Å². The lowest BCUT2D eigenvalue weighted by atomic mass is 10.1. The van der Waals surface area contributed by atoms with Crippen LogP contribution in [0.4, 0.5) is 5.69 Å². The highest BCUT2D eigenvalue weighted by Gasteiger charge is 2.07. The molecule has 0 unspecified atom stereocenters. The molecule has 0 fully saturated rings. The molecule has 0 atom stereocenters. The lowest BCUT2D eigenvalue weighted by Gasteiger charge is -2.25. The smallest absolute Gasteiger partial charge is 0.175 e. The topological polar surface area (TPSA) is 37.4 Å². The average molecular weight is 418 g/mol. The first-order valence-corrected chi connectivity index (χ1v) is 12.0. The first kappa shape index (κ1) is 26.9. The van der Waals surface area contributed by atoms with Gasteiger partial charge in [0.05, 0.1) is 4.90 Å². The summed E-state index contributed by atoms with van der Waals surface area (Å²) >= 11 is 0. The predicted molar refractivity (Wildman–Crippen MR) is 129 cm³/mol. The van der Waals surface area contributed by atoms with Crippen LogP contribution < -0.4 is 4.90 Å². The van der Waals surface area contributed by atoms with Gasteiger partial charge in [0.15, 0.2) is 9.84 Å². The van der Waals surface area contributed by atoms with Crippen LogP contribution >= 0.6 is 0 Å². The lowest BCUT2D eigenvalue weighted by Crippen LogP contribution is -2.24. The Balaban J connectivity index is 0.000000466. The van der Waals surface area contributed by atoms with Gasteiger partial charge in [-0.05, 0) is 77.3 Å². The van der Waals surface area contributed by atoms with Gasteiger partial charge < -0.3 is 4.90 Å². The number of rotatable bonds is 5. The van der Waals surface area contributed by atoms with E-state index in [0.717, 1.165) is 18.7 Å². The van der Waals surface area contributed by atoms with Crippen LogP contribution in [0.25, 0.3) is 0 Å². The maximum atomic E-state index is 10.9. The molecule has 0 spiro atoms. The summed E-state index contributed by atoms with van der Waals surface area (Å²) in [6.07, 6.45) is 2.42. The van der Waals surface area contributed by atoms with Gasteiger partial charge in [-0.25, -0.2) is 8.42 Å². The minimum Gasteiger partial charge on any atom is -0.372 e. The number of benzene rings is 2. The fourth-order valence-corrected chi connectivity index (χ4v) is 3.21. The van der Waals surface area contributed by atoms with Gasteiger partial charge in [0.25, 0.3) is 0 Å². The third-order valence-corrected chi connectivity index (χ3v) is 5.37. The number of hydrogen-bond donors (Lipinski definition) is 0. The van der Waals surface area contributed by atoms with E-state index in [1.54, 1.807) is 24.3 Å². The van der Waals surface area contributed by atoms with Crippen molar-refractivity contribution < 1.29 is 8.42 Å². The summed E-state index contributed by atoms with van der Waals surface area (Å²) in [6, 6.07) is 13.4. The fourth-order valence-electron chi connectivity index (χ4n) is 2.58. The Morgan fingerprint density at radius 2 is 1.48 bits per heavy atom. The Morgan fingerprint density at radius 3 is 1.90 bits per heavy atom. The van der Waals surface area contributed by atoms with E-state index in [1.165, 1.54) is 35.1 Å². The van der Waals surface area contributed by atoms with Crippen LogP contribution in [0.15, 0.2) is 59.5 Å². The number of nitrogens with zero attached hydrogens (tertiary/aromatic N) is 1. The third kappa shape index (κ3) is 10.9. The fraction of sp³-hybridized carbons (Fsp3) is 0.440. The van der Waals surface area contributed by atoms with E-state index < -0.39 is 9.84 Å². The average Bonchev–Trinajstić information content (AvgIpc) is 2.62. The van der Waals surface area contributed by atoms with Crippen molar-refractivity contribution in [2.75, 3.05) is 24.2 Å². The molecule has 2 rings (SSSR count). The lowest BCUT2D eigenvalue weighted by molar-refractivity contribution is 0.602. The van der Waals surface area contributed by atoms with E-state index in [9.17, 15) is 8.42 Å². The molecular weight excluding hydrogens is 378 g/mol. The van der Waals surface area contributed by atoms with Crippen molar-refractivity contribution in [3.63, 3.8) is 0 Å². The van der Waals surface area contributed by atoms with Crippen LogP contribution in [-0.4, -0.2) is 27.8 Å². The quantitative estimate of drug-likeness (QED) is 0.520. The van der Waals surface area contributed by atoms with Gasteiger partial charge >= 0.3 is 0 Å². The van der Waals surface area contributed by atoms with Crippen molar-refractivity contribution in [1.29, 1.82) is 0 Å². The molecule has 0 bridgehead atoms. The largest absolute Gasteiger partial charge is 0.372 e. The van der Waals surface area contributed by atoms with Gasteiger partial charge in [0.1, 0.15) is 0 Å². The Labute approximate surface area is 179 Å². The van der Waals surface area contributed by atoms with Gasteiger partial charge in [-0.15, -0.1) is 6.58 Å². The number of sulfone groups is 1. The normalized spacial score (nSPS) is 10.2. The molecule has 0 heterocycles. The van der Waals surface area contributed by atoms with E-state index in [0.29, 0.717) is 4.90 Å². The zero-order valence-electron chi connectivity index (χ0n) is 19.5. The Bertz CT molecular complexity index is 849. The SMILES string of the molecule is C=C(C)C.CCCN(CC)c1cccc(C)c1C.Cc1ccc(S(C)(=O)=O)cc1. The van der Waals surface area contributed by atoms with E-state index in [2.05, 4.69) is 57.4 Å². The summed E-state index contributed by atoms with van der Waals surface area (Å²) in [7, 11) is -3.02. The number of aryl methyl sites for hydroxylation is 2. The van der Waals surface area contributed by atoms with Crippen LogP contribution in [0.2, 0.25) is 0 Å². The second-order valence-electron chi connectivity index (χ2n) is 7.59. The van der Waals surface area contributed by atoms with E-state index in [4.69, 9.17) is 0 Å². The molecule has 0 aliphatic heterocycles. The number of hydrogen-bond acceptors (Lipinski definition) is 3. The maximum absolute atomic E-state index is 10.9. The monoisotopic (exact) mass is 417 g/mol. The van der Waals surface area contributed by atoms with Crippen LogP contribution in [-0.2, 0) is 9.84 Å². The van der Waals surface area contributed by atoms with Crippen molar-refractivity contribution >= 4 is 15.5 Å². The molecule has 2 aromatic carbocycles. The highest BCUT2D eigenvalue weighted by Crippen LogP contribution is 2.22. The third-order valence-electron chi connectivity index (χ3n) is 4.24. The summed E-state index contributed by atoms with van der Waals surface area (Å²) in [5.74, 6) is 0. The van der Waals surface area contributed by atoms with Crippen molar-refractivity contribution in [2.24, 2.45) is 0 Å². The van der Waals surface area contributed by atoms with Gasteiger partial charge in [-0.3, -0.25) is 0 Å². The maximum Gasteiger partial charge on any atom is 0.175 e. The predicted octanol–water partition coefficient (Wildman–Crippen LogP) is 6.52. The molecule has 0 saturated heterocycles. The van der Waals surface area contributed by atoms with E-state index >= 15 is 0 Å². The first-order chi connectivity index (χ1) is 13.4. The Hall–Kier alpha value is -2.07. The minimum absolute atomic E-state index is 0.378. The standard InChI is InChI=1S/C13H21N.C8H10O2S.C4H8/c1-5-10-14(6-2)13-9-7-8-11(3)12(13)4;1-7-3-5-8(6-4-7)11(2,9)10;1-4(2)3/h7-9H,5-6,10H2,1-4H3;3-6H,1-2H3;1H2,2-3H3. The highest BCUT2D eigenvalue weighted by molar-refractivity contribution is 7.90. The molecule has 0 aromatic heterocycles. The van der Waals surface area contributed by atoms with E-state index in [1.807, 2.05) is 20.8 Å². The van der Waals surface area contributed by atoms with Crippen LogP contribution in [0.1, 0.15) is 50.8 Å². The number of anilines is 1. The molecule has 29 heavy (non-hydrogen) atoms. The zero-order chi connectivity index (χ0) is 22.6. The van der Waals surface area contributed by atoms with Crippen LogP contribution in [0.5, 0.6) is 0 Å².